The predicted octanol–water partition coefficient (Wildman–Crippen LogP) is 2.34. The third-order valence-electron chi connectivity index (χ3n) is 3.65. The van der Waals surface area contributed by atoms with Gasteiger partial charge in [-0.3, -0.25) is 4.79 Å². The zero-order valence-electron chi connectivity index (χ0n) is 11.3. The van der Waals surface area contributed by atoms with E-state index in [-0.39, 0.29) is 11.9 Å². The zero-order chi connectivity index (χ0) is 13.9. The Labute approximate surface area is 119 Å². The second-order valence-electron chi connectivity index (χ2n) is 5.30. The molecule has 1 atom stereocenters. The lowest BCUT2D eigenvalue weighted by Crippen LogP contribution is -2.27. The van der Waals surface area contributed by atoms with E-state index in [1.165, 1.54) is 11.1 Å². The van der Waals surface area contributed by atoms with Gasteiger partial charge >= 0.3 is 0 Å². The number of benzene rings is 2. The number of hydrogen-bond acceptors (Lipinski definition) is 2. The van der Waals surface area contributed by atoms with Gasteiger partial charge in [0.05, 0.1) is 0 Å². The minimum Gasteiger partial charge on any atom is -0.326 e. The first-order valence-corrected chi connectivity index (χ1v) is 6.91. The lowest BCUT2D eigenvalue weighted by Gasteiger charge is -2.16. The monoisotopic (exact) mass is 266 g/mol. The average molecular weight is 266 g/mol. The van der Waals surface area contributed by atoms with E-state index in [0.29, 0.717) is 13.0 Å². The normalized spacial score (nSPS) is 18.6. The summed E-state index contributed by atoms with van der Waals surface area (Å²) in [6, 6.07) is 18.5. The summed E-state index contributed by atoms with van der Waals surface area (Å²) in [5.74, 6) is 0.119. The maximum Gasteiger partial charge on any atom is 0.228 e. The van der Waals surface area contributed by atoms with Gasteiger partial charge in [-0.15, -0.1) is 0 Å². The van der Waals surface area contributed by atoms with Gasteiger partial charge in [-0.1, -0.05) is 42.5 Å². The molecule has 2 aromatic rings. The van der Waals surface area contributed by atoms with E-state index in [1.54, 1.807) is 4.90 Å². The molecule has 0 aliphatic carbocycles. The van der Waals surface area contributed by atoms with E-state index in [1.807, 2.05) is 30.3 Å². The molecule has 0 bridgehead atoms. The Hall–Kier alpha value is -2.13. The molecule has 2 N–H and O–H groups in total. The van der Waals surface area contributed by atoms with Crippen LogP contribution in [0.4, 0.5) is 5.69 Å². The van der Waals surface area contributed by atoms with Crippen molar-refractivity contribution in [2.24, 2.45) is 5.73 Å². The molecule has 3 nitrogen and oxygen atoms in total. The summed E-state index contributed by atoms with van der Waals surface area (Å²) in [7, 11) is 0. The summed E-state index contributed by atoms with van der Waals surface area (Å²) in [5, 5.41) is 0. The molecule has 1 heterocycles. The molecule has 1 aliphatic rings. The van der Waals surface area contributed by atoms with Crippen molar-refractivity contribution in [1.82, 2.24) is 0 Å². The number of rotatable bonds is 3. The average Bonchev–Trinajstić information content (AvgIpc) is 2.80. The van der Waals surface area contributed by atoms with E-state index >= 15 is 0 Å². The number of nitrogens with zero attached hydrogens (tertiary/aromatic N) is 1. The van der Waals surface area contributed by atoms with E-state index < -0.39 is 0 Å². The predicted molar refractivity (Wildman–Crippen MR) is 80.6 cm³/mol. The molecule has 1 amide bonds. The molecule has 20 heavy (non-hydrogen) atoms. The van der Waals surface area contributed by atoms with Crippen LogP contribution in [0.5, 0.6) is 0 Å². The second-order valence-corrected chi connectivity index (χ2v) is 5.30. The first-order valence-electron chi connectivity index (χ1n) is 6.91. The smallest absolute Gasteiger partial charge is 0.228 e. The number of anilines is 1. The van der Waals surface area contributed by atoms with Gasteiger partial charge in [-0.05, 0) is 29.7 Å². The maximum atomic E-state index is 11.8. The minimum absolute atomic E-state index is 0.0357. The van der Waals surface area contributed by atoms with Crippen LogP contribution in [-0.4, -0.2) is 18.5 Å². The Morgan fingerprint density at radius 1 is 1.00 bits per heavy atom. The van der Waals surface area contributed by atoms with Crippen molar-refractivity contribution in [3.8, 4) is 0 Å². The van der Waals surface area contributed by atoms with Crippen LogP contribution < -0.4 is 10.6 Å². The molecule has 102 valence electrons. The Balaban J connectivity index is 1.73. The number of amides is 1. The first-order chi connectivity index (χ1) is 9.72. The summed E-state index contributed by atoms with van der Waals surface area (Å²) in [6.45, 7) is 0.622. The third kappa shape index (κ3) is 2.73. The Kier molecular flexibility index (Phi) is 3.52. The van der Waals surface area contributed by atoms with Gasteiger partial charge < -0.3 is 10.6 Å². The van der Waals surface area contributed by atoms with Gasteiger partial charge in [-0.2, -0.15) is 0 Å². The molecule has 2 aromatic carbocycles. The fourth-order valence-corrected chi connectivity index (χ4v) is 2.61. The van der Waals surface area contributed by atoms with Crippen LogP contribution in [0.15, 0.2) is 54.6 Å². The Morgan fingerprint density at radius 3 is 2.25 bits per heavy atom. The van der Waals surface area contributed by atoms with Gasteiger partial charge in [-0.25, -0.2) is 0 Å². The molecular weight excluding hydrogens is 248 g/mol. The van der Waals surface area contributed by atoms with Crippen LogP contribution in [0.25, 0.3) is 0 Å². The molecule has 0 aromatic heterocycles. The zero-order valence-corrected chi connectivity index (χ0v) is 11.3. The van der Waals surface area contributed by atoms with Crippen LogP contribution in [0, 0.1) is 0 Å². The molecule has 0 saturated carbocycles. The number of hydrogen-bond donors (Lipinski definition) is 1. The molecular formula is C17H18N2O. The van der Waals surface area contributed by atoms with E-state index in [9.17, 15) is 4.79 Å². The molecule has 0 spiro atoms. The van der Waals surface area contributed by atoms with Crippen molar-refractivity contribution >= 4 is 11.6 Å². The molecule has 1 saturated heterocycles. The standard InChI is InChI=1S/C17H18N2O/c18-15-11-17(20)19(12-15)16-8-6-14(7-9-16)10-13-4-2-1-3-5-13/h1-9,15H,10-12,18H2. The minimum atomic E-state index is -0.0357. The number of carbonyl (C=O) groups excluding carboxylic acids is 1. The summed E-state index contributed by atoms with van der Waals surface area (Å²) in [6.07, 6.45) is 1.36. The van der Waals surface area contributed by atoms with E-state index in [2.05, 4.69) is 24.3 Å². The second kappa shape index (κ2) is 5.47. The Bertz CT molecular complexity index is 592. The first kappa shape index (κ1) is 12.9. The molecule has 1 unspecified atom stereocenters. The topological polar surface area (TPSA) is 46.3 Å². The maximum absolute atomic E-state index is 11.8. The lowest BCUT2D eigenvalue weighted by molar-refractivity contribution is -0.117. The van der Waals surface area contributed by atoms with Crippen LogP contribution in [0.1, 0.15) is 17.5 Å². The van der Waals surface area contributed by atoms with Crippen molar-refractivity contribution in [3.05, 3.63) is 65.7 Å². The molecule has 1 aliphatic heterocycles. The van der Waals surface area contributed by atoms with Crippen LogP contribution in [0.2, 0.25) is 0 Å². The fourth-order valence-electron chi connectivity index (χ4n) is 2.61. The summed E-state index contributed by atoms with van der Waals surface area (Å²) in [4.78, 5) is 13.6. The third-order valence-corrected chi connectivity index (χ3v) is 3.65. The highest BCUT2D eigenvalue weighted by Gasteiger charge is 2.27. The van der Waals surface area contributed by atoms with Gasteiger partial charge in [0, 0.05) is 24.7 Å². The van der Waals surface area contributed by atoms with Crippen LogP contribution >= 0.6 is 0 Å². The van der Waals surface area contributed by atoms with Crippen molar-refractivity contribution in [2.45, 2.75) is 18.9 Å². The van der Waals surface area contributed by atoms with Crippen molar-refractivity contribution in [2.75, 3.05) is 11.4 Å². The van der Waals surface area contributed by atoms with Crippen LogP contribution in [0.3, 0.4) is 0 Å². The van der Waals surface area contributed by atoms with Crippen molar-refractivity contribution in [1.29, 1.82) is 0 Å². The molecule has 3 rings (SSSR count). The van der Waals surface area contributed by atoms with Crippen molar-refractivity contribution < 1.29 is 4.79 Å². The van der Waals surface area contributed by atoms with Gasteiger partial charge in [0.2, 0.25) is 5.91 Å². The molecule has 0 radical (unpaired) electrons. The van der Waals surface area contributed by atoms with Crippen LogP contribution in [-0.2, 0) is 11.2 Å². The Morgan fingerprint density at radius 2 is 1.65 bits per heavy atom. The fraction of sp³-hybridized carbons (Fsp3) is 0.235. The quantitative estimate of drug-likeness (QED) is 0.927. The van der Waals surface area contributed by atoms with Crippen molar-refractivity contribution in [3.63, 3.8) is 0 Å². The summed E-state index contributed by atoms with van der Waals surface area (Å²) >= 11 is 0. The SMILES string of the molecule is NC1CC(=O)N(c2ccc(Cc3ccccc3)cc2)C1. The highest BCUT2D eigenvalue weighted by molar-refractivity contribution is 5.96. The molecule has 1 fully saturated rings. The largest absolute Gasteiger partial charge is 0.326 e. The molecule has 3 heteroatoms. The highest BCUT2D eigenvalue weighted by Crippen LogP contribution is 2.22. The van der Waals surface area contributed by atoms with Gasteiger partial charge in [0.25, 0.3) is 0 Å². The van der Waals surface area contributed by atoms with Gasteiger partial charge in [0.15, 0.2) is 0 Å². The van der Waals surface area contributed by atoms with E-state index in [0.717, 1.165) is 12.1 Å². The van der Waals surface area contributed by atoms with Gasteiger partial charge in [0.1, 0.15) is 0 Å². The number of nitrogens with two attached hydrogens (primary N) is 1. The number of carbonyl (C=O) groups is 1. The lowest BCUT2D eigenvalue weighted by atomic mass is 10.0. The highest BCUT2D eigenvalue weighted by atomic mass is 16.2. The van der Waals surface area contributed by atoms with E-state index in [4.69, 9.17) is 5.73 Å². The summed E-state index contributed by atoms with van der Waals surface area (Å²) in [5.41, 5.74) is 9.30. The summed E-state index contributed by atoms with van der Waals surface area (Å²) < 4.78 is 0.